The second-order valence-electron chi connectivity index (χ2n) is 5.56. The van der Waals surface area contributed by atoms with Gasteiger partial charge < -0.3 is 5.32 Å². The molecule has 3 aromatic rings. The van der Waals surface area contributed by atoms with Crippen LogP contribution in [0.3, 0.4) is 0 Å². The molecule has 0 spiro atoms. The normalized spacial score (nSPS) is 11.6. The molecule has 0 aliphatic heterocycles. The van der Waals surface area contributed by atoms with Crippen molar-refractivity contribution in [2.75, 3.05) is 11.1 Å². The number of nitrogens with zero attached hydrogens (tertiary/aromatic N) is 1. The van der Waals surface area contributed by atoms with Gasteiger partial charge in [0.1, 0.15) is 0 Å². The van der Waals surface area contributed by atoms with Gasteiger partial charge in [-0.2, -0.15) is 0 Å². The molecular weight excluding hydrogens is 380 g/mol. The number of hydrogen-bond donors (Lipinski definition) is 1. The largest absolute Gasteiger partial charge is 0.302 e. The number of aromatic nitrogens is 1. The second kappa shape index (κ2) is 7.11. The van der Waals surface area contributed by atoms with Gasteiger partial charge in [-0.25, -0.2) is 13.4 Å². The first-order chi connectivity index (χ1) is 11.8. The van der Waals surface area contributed by atoms with Crippen LogP contribution in [0.15, 0.2) is 47.4 Å². The summed E-state index contributed by atoms with van der Waals surface area (Å²) in [4.78, 5) is 16.5. The molecule has 5 nitrogen and oxygen atoms in total. The smallest absolute Gasteiger partial charge is 0.227 e. The molecule has 0 aliphatic carbocycles. The SMILES string of the molecule is Cc1ccc2nc(NC(=O)CCS(=O)(=O)c3ccc(Cl)cc3)sc2c1. The maximum absolute atomic E-state index is 12.2. The molecule has 1 aromatic heterocycles. The van der Waals surface area contributed by atoms with Crippen LogP contribution in [-0.4, -0.2) is 25.1 Å². The summed E-state index contributed by atoms with van der Waals surface area (Å²) in [6, 6.07) is 11.7. The first-order valence-corrected chi connectivity index (χ1v) is 10.3. The van der Waals surface area contributed by atoms with Crippen LogP contribution >= 0.6 is 22.9 Å². The van der Waals surface area contributed by atoms with Gasteiger partial charge in [-0.05, 0) is 48.9 Å². The molecule has 0 saturated carbocycles. The standard InChI is InChI=1S/C17H15ClN2O3S2/c1-11-2-7-14-15(10-11)24-17(19-14)20-16(21)8-9-25(22,23)13-5-3-12(18)4-6-13/h2-7,10H,8-9H2,1H3,(H,19,20,21). The number of carbonyl (C=O) groups is 1. The quantitative estimate of drug-likeness (QED) is 0.707. The van der Waals surface area contributed by atoms with Gasteiger partial charge in [0, 0.05) is 11.4 Å². The highest BCUT2D eigenvalue weighted by Crippen LogP contribution is 2.26. The Morgan fingerprint density at radius 1 is 1.20 bits per heavy atom. The first-order valence-electron chi connectivity index (χ1n) is 7.49. The summed E-state index contributed by atoms with van der Waals surface area (Å²) in [5.41, 5.74) is 1.92. The molecule has 2 aromatic carbocycles. The fourth-order valence-electron chi connectivity index (χ4n) is 2.25. The number of benzene rings is 2. The number of carbonyl (C=O) groups excluding carboxylic acids is 1. The fourth-order valence-corrected chi connectivity index (χ4v) is 4.60. The second-order valence-corrected chi connectivity index (χ2v) is 9.14. The molecule has 130 valence electrons. The number of anilines is 1. The molecule has 0 aliphatic rings. The lowest BCUT2D eigenvalue weighted by atomic mass is 10.2. The summed E-state index contributed by atoms with van der Waals surface area (Å²) in [5.74, 6) is -0.655. The van der Waals surface area contributed by atoms with E-state index in [0.717, 1.165) is 15.8 Å². The van der Waals surface area contributed by atoms with Crippen LogP contribution in [0.1, 0.15) is 12.0 Å². The van der Waals surface area contributed by atoms with E-state index >= 15 is 0 Å². The van der Waals surface area contributed by atoms with E-state index in [4.69, 9.17) is 11.6 Å². The van der Waals surface area contributed by atoms with Gasteiger partial charge in [-0.15, -0.1) is 0 Å². The summed E-state index contributed by atoms with van der Waals surface area (Å²) >= 11 is 7.12. The highest BCUT2D eigenvalue weighted by molar-refractivity contribution is 7.91. The van der Waals surface area contributed by atoms with E-state index in [1.165, 1.54) is 35.6 Å². The number of aryl methyl sites for hydroxylation is 1. The van der Waals surface area contributed by atoms with Gasteiger partial charge in [-0.1, -0.05) is 29.0 Å². The van der Waals surface area contributed by atoms with Crippen molar-refractivity contribution >= 4 is 54.0 Å². The molecule has 0 saturated heterocycles. The predicted octanol–water partition coefficient (Wildman–Crippen LogP) is 4.06. The molecule has 0 atom stereocenters. The lowest BCUT2D eigenvalue weighted by Gasteiger charge is -2.04. The Morgan fingerprint density at radius 3 is 2.64 bits per heavy atom. The molecule has 1 amide bonds. The summed E-state index contributed by atoms with van der Waals surface area (Å²) in [5, 5.41) is 3.59. The third-order valence-electron chi connectivity index (χ3n) is 3.56. The van der Waals surface area contributed by atoms with Crippen LogP contribution in [0.5, 0.6) is 0 Å². The van der Waals surface area contributed by atoms with Gasteiger partial charge in [0.2, 0.25) is 5.91 Å². The Morgan fingerprint density at radius 2 is 1.92 bits per heavy atom. The molecule has 3 rings (SSSR count). The molecule has 8 heteroatoms. The van der Waals surface area contributed by atoms with Crippen LogP contribution in [0.25, 0.3) is 10.2 Å². The van der Waals surface area contributed by atoms with Crippen molar-refractivity contribution in [1.82, 2.24) is 4.98 Å². The van der Waals surface area contributed by atoms with Gasteiger partial charge in [0.05, 0.1) is 20.9 Å². The number of halogens is 1. The Balaban J connectivity index is 1.64. The van der Waals surface area contributed by atoms with E-state index in [-0.39, 0.29) is 23.0 Å². The summed E-state index contributed by atoms with van der Waals surface area (Å²) in [6.07, 6.45) is -0.139. The molecule has 1 heterocycles. The van der Waals surface area contributed by atoms with Crippen LogP contribution in [0.2, 0.25) is 5.02 Å². The van der Waals surface area contributed by atoms with E-state index in [2.05, 4.69) is 10.3 Å². The maximum atomic E-state index is 12.2. The molecule has 0 fully saturated rings. The molecular formula is C17H15ClN2O3S2. The van der Waals surface area contributed by atoms with Crippen molar-refractivity contribution in [3.05, 3.63) is 53.1 Å². The third-order valence-corrected chi connectivity index (χ3v) is 6.48. The molecule has 25 heavy (non-hydrogen) atoms. The van der Waals surface area contributed by atoms with E-state index in [9.17, 15) is 13.2 Å². The highest BCUT2D eigenvalue weighted by Gasteiger charge is 2.17. The highest BCUT2D eigenvalue weighted by atomic mass is 35.5. The number of hydrogen-bond acceptors (Lipinski definition) is 5. The topological polar surface area (TPSA) is 76.1 Å². The lowest BCUT2D eigenvalue weighted by molar-refractivity contribution is -0.115. The number of amides is 1. The Hall–Kier alpha value is -1.96. The number of nitrogens with one attached hydrogen (secondary N) is 1. The van der Waals surface area contributed by atoms with E-state index in [1.807, 2.05) is 25.1 Å². The average molecular weight is 395 g/mol. The number of thiazole rings is 1. The van der Waals surface area contributed by atoms with Gasteiger partial charge in [-0.3, -0.25) is 4.79 Å². The minimum absolute atomic E-state index is 0.139. The molecule has 0 bridgehead atoms. The minimum Gasteiger partial charge on any atom is -0.302 e. The monoisotopic (exact) mass is 394 g/mol. The fraction of sp³-hybridized carbons (Fsp3) is 0.176. The van der Waals surface area contributed by atoms with Crippen molar-refractivity contribution in [2.45, 2.75) is 18.2 Å². The van der Waals surface area contributed by atoms with Crippen LogP contribution < -0.4 is 5.32 Å². The van der Waals surface area contributed by atoms with Gasteiger partial charge in [0.25, 0.3) is 0 Å². The summed E-state index contributed by atoms with van der Waals surface area (Å²) in [7, 11) is -3.53. The van der Waals surface area contributed by atoms with E-state index < -0.39 is 9.84 Å². The minimum atomic E-state index is -3.53. The predicted molar refractivity (Wildman–Crippen MR) is 101 cm³/mol. The Labute approximate surface area is 154 Å². The van der Waals surface area contributed by atoms with E-state index in [1.54, 1.807) is 0 Å². The molecule has 0 unspecified atom stereocenters. The van der Waals surface area contributed by atoms with Crippen LogP contribution in [-0.2, 0) is 14.6 Å². The van der Waals surface area contributed by atoms with Gasteiger partial charge in [0.15, 0.2) is 15.0 Å². The van der Waals surface area contributed by atoms with Crippen molar-refractivity contribution < 1.29 is 13.2 Å². The molecule has 1 N–H and O–H groups in total. The molecule has 0 radical (unpaired) electrons. The number of rotatable bonds is 5. The van der Waals surface area contributed by atoms with Crippen molar-refractivity contribution in [3.63, 3.8) is 0 Å². The number of fused-ring (bicyclic) bond motifs is 1. The zero-order valence-electron chi connectivity index (χ0n) is 13.3. The summed E-state index contributed by atoms with van der Waals surface area (Å²) < 4.78 is 25.5. The summed E-state index contributed by atoms with van der Waals surface area (Å²) in [6.45, 7) is 1.99. The Kier molecular flexibility index (Phi) is 5.08. The van der Waals surface area contributed by atoms with Crippen molar-refractivity contribution in [1.29, 1.82) is 0 Å². The van der Waals surface area contributed by atoms with Crippen LogP contribution in [0.4, 0.5) is 5.13 Å². The first kappa shape index (κ1) is 17.8. The zero-order chi connectivity index (χ0) is 18.0. The van der Waals surface area contributed by atoms with E-state index in [0.29, 0.717) is 10.2 Å². The third kappa shape index (κ3) is 4.36. The van der Waals surface area contributed by atoms with Crippen molar-refractivity contribution in [2.24, 2.45) is 0 Å². The number of sulfone groups is 1. The lowest BCUT2D eigenvalue weighted by Crippen LogP contribution is -2.17. The Bertz CT molecular complexity index is 1030. The zero-order valence-corrected chi connectivity index (χ0v) is 15.7. The average Bonchev–Trinajstić information content (AvgIpc) is 2.94. The van der Waals surface area contributed by atoms with Crippen molar-refractivity contribution in [3.8, 4) is 0 Å². The van der Waals surface area contributed by atoms with Gasteiger partial charge >= 0.3 is 0 Å². The van der Waals surface area contributed by atoms with Crippen LogP contribution in [0, 0.1) is 6.92 Å². The maximum Gasteiger partial charge on any atom is 0.227 e.